The van der Waals surface area contributed by atoms with Crippen molar-refractivity contribution in [2.24, 2.45) is 0 Å². The number of hydrogen-bond acceptors (Lipinski definition) is 3. The van der Waals surface area contributed by atoms with Crippen molar-refractivity contribution in [3.8, 4) is 22.3 Å². The van der Waals surface area contributed by atoms with E-state index in [0.29, 0.717) is 0 Å². The average molecular weight is 949 g/mol. The van der Waals surface area contributed by atoms with Crippen LogP contribution in [0.25, 0.3) is 32.3 Å². The monoisotopic (exact) mass is 949 g/mol. The number of fused-ring (bicyclic) bond motifs is 7. The van der Waals surface area contributed by atoms with Crippen LogP contribution in [0.4, 0.5) is 34.1 Å². The van der Waals surface area contributed by atoms with Crippen molar-refractivity contribution in [3.63, 3.8) is 0 Å². The average Bonchev–Trinajstić information content (AvgIpc) is 3.94. The summed E-state index contributed by atoms with van der Waals surface area (Å²) in [4.78, 5) is 5.27. The molecule has 0 unspecified atom stereocenters. The zero-order valence-electron chi connectivity index (χ0n) is 45.2. The zero-order chi connectivity index (χ0) is 50.3. The summed E-state index contributed by atoms with van der Waals surface area (Å²) in [6.45, 7) is 35.2. The van der Waals surface area contributed by atoms with Crippen LogP contribution in [0, 0.1) is 0 Å². The molecule has 2 aliphatic heterocycles. The van der Waals surface area contributed by atoms with E-state index in [-0.39, 0.29) is 33.8 Å². The number of hydrogen-bond donors (Lipinski definition) is 0. The maximum absolute atomic E-state index is 2.64. The Bertz CT molecular complexity index is 3390. The lowest BCUT2D eigenvalue weighted by molar-refractivity contribution is 0.569. The van der Waals surface area contributed by atoms with E-state index < -0.39 is 0 Å². The van der Waals surface area contributed by atoms with Gasteiger partial charge in [0.25, 0.3) is 6.71 Å². The molecule has 1 aliphatic carbocycles. The molecular formula is C67H73BN2S. The molecule has 1 aromatic heterocycles. The third kappa shape index (κ3) is 8.17. The van der Waals surface area contributed by atoms with Gasteiger partial charge in [0.05, 0.1) is 11.4 Å². The maximum atomic E-state index is 2.64. The number of rotatable bonds is 4. The normalized spacial score (nSPS) is 14.7. The highest BCUT2D eigenvalue weighted by molar-refractivity contribution is 7.33. The van der Waals surface area contributed by atoms with Crippen LogP contribution in [-0.4, -0.2) is 6.71 Å². The van der Waals surface area contributed by atoms with E-state index in [0.717, 1.165) is 6.42 Å². The second kappa shape index (κ2) is 16.3. The fourth-order valence-corrected chi connectivity index (χ4v) is 12.8. The van der Waals surface area contributed by atoms with E-state index in [4.69, 9.17) is 0 Å². The predicted octanol–water partition coefficient (Wildman–Crippen LogP) is 17.3. The van der Waals surface area contributed by atoms with Gasteiger partial charge in [0, 0.05) is 43.2 Å². The third-order valence-corrected chi connectivity index (χ3v) is 17.2. The summed E-state index contributed by atoms with van der Waals surface area (Å²) >= 11 is 1.99. The Hall–Kier alpha value is -5.84. The Labute approximate surface area is 430 Å². The first-order valence-corrected chi connectivity index (χ1v) is 27.1. The van der Waals surface area contributed by atoms with Gasteiger partial charge in [-0.15, -0.1) is 11.3 Å². The van der Waals surface area contributed by atoms with Gasteiger partial charge in [0.15, 0.2) is 0 Å². The van der Waals surface area contributed by atoms with Crippen molar-refractivity contribution in [2.75, 3.05) is 9.80 Å². The minimum atomic E-state index is -0.0311. The lowest BCUT2D eigenvalue weighted by Gasteiger charge is -2.44. The Kier molecular flexibility index (Phi) is 10.9. The molecule has 7 aromatic carbocycles. The fourth-order valence-electron chi connectivity index (χ4n) is 11.5. The van der Waals surface area contributed by atoms with Gasteiger partial charge in [-0.2, -0.15) is 0 Å². The van der Waals surface area contributed by atoms with Crippen LogP contribution in [0.5, 0.6) is 0 Å². The third-order valence-electron chi connectivity index (χ3n) is 16.0. The molecule has 0 saturated carbocycles. The minimum Gasteiger partial charge on any atom is -0.311 e. The molecule has 11 rings (SSSR count). The molecule has 0 atom stereocenters. The van der Waals surface area contributed by atoms with Gasteiger partial charge in [0.2, 0.25) is 0 Å². The number of thiophene rings is 1. The van der Waals surface area contributed by atoms with E-state index in [2.05, 4.69) is 247 Å². The number of benzene rings is 7. The van der Waals surface area contributed by atoms with Gasteiger partial charge >= 0.3 is 0 Å². The summed E-state index contributed by atoms with van der Waals surface area (Å²) in [5.41, 5.74) is 25.2. The molecule has 0 radical (unpaired) electrons. The van der Waals surface area contributed by atoms with E-state index in [1.807, 2.05) is 11.3 Å². The zero-order valence-corrected chi connectivity index (χ0v) is 46.0. The first-order valence-electron chi connectivity index (χ1n) is 26.3. The molecule has 3 aliphatic rings. The van der Waals surface area contributed by atoms with Crippen LogP contribution in [-0.2, 0) is 39.9 Å². The number of anilines is 6. The van der Waals surface area contributed by atoms with E-state index in [9.17, 15) is 0 Å². The number of aryl methyl sites for hydroxylation is 2. The summed E-state index contributed by atoms with van der Waals surface area (Å²) < 4.78 is 2.75. The van der Waals surface area contributed by atoms with Crippen molar-refractivity contribution in [1.29, 1.82) is 0 Å². The molecule has 0 amide bonds. The summed E-state index contributed by atoms with van der Waals surface area (Å²) in [5.74, 6) is 0. The molecule has 0 fully saturated rings. The van der Waals surface area contributed by atoms with Crippen molar-refractivity contribution in [3.05, 3.63) is 172 Å². The largest absolute Gasteiger partial charge is 0.311 e. The highest BCUT2D eigenvalue weighted by atomic mass is 32.1. The molecule has 3 heterocycles. The van der Waals surface area contributed by atoms with Crippen LogP contribution < -0.4 is 25.5 Å². The molecule has 8 aromatic rings. The quantitative estimate of drug-likeness (QED) is 0.162. The molecule has 2 nitrogen and oxygen atoms in total. The van der Waals surface area contributed by atoms with Gasteiger partial charge in [-0.3, -0.25) is 0 Å². The van der Waals surface area contributed by atoms with Crippen molar-refractivity contribution in [1.82, 2.24) is 0 Å². The summed E-state index contributed by atoms with van der Waals surface area (Å²) in [7, 11) is 0. The van der Waals surface area contributed by atoms with Gasteiger partial charge in [-0.1, -0.05) is 183 Å². The highest BCUT2D eigenvalue weighted by Gasteiger charge is 2.46. The Morgan fingerprint density at radius 2 is 0.972 bits per heavy atom. The molecule has 71 heavy (non-hydrogen) atoms. The van der Waals surface area contributed by atoms with E-state index in [1.165, 1.54) is 134 Å². The van der Waals surface area contributed by atoms with E-state index in [1.54, 1.807) is 0 Å². The maximum Gasteiger partial charge on any atom is 0.264 e. The molecule has 360 valence electrons. The summed E-state index contributed by atoms with van der Waals surface area (Å²) in [5, 5.41) is 1.33. The van der Waals surface area contributed by atoms with Crippen LogP contribution >= 0.6 is 11.3 Å². The van der Waals surface area contributed by atoms with Crippen LogP contribution in [0.3, 0.4) is 0 Å². The molecular weight excluding hydrogens is 876 g/mol. The van der Waals surface area contributed by atoms with Gasteiger partial charge in [0.1, 0.15) is 0 Å². The summed E-state index contributed by atoms with van der Waals surface area (Å²) in [6.07, 6.45) is 3.57. The fraction of sp³-hybridized carbons (Fsp3) is 0.343. The second-order valence-corrected chi connectivity index (χ2v) is 27.4. The molecule has 0 bridgehead atoms. The van der Waals surface area contributed by atoms with Gasteiger partial charge in [-0.05, 0) is 167 Å². The van der Waals surface area contributed by atoms with Crippen molar-refractivity contribution in [2.45, 2.75) is 150 Å². The Morgan fingerprint density at radius 3 is 1.61 bits per heavy atom. The van der Waals surface area contributed by atoms with Gasteiger partial charge < -0.3 is 9.80 Å². The highest BCUT2D eigenvalue weighted by Crippen LogP contribution is 2.51. The SMILES string of the molecule is CC(C)(C)c1cc(-c2ccc(N3c4cccc5c4B(c4cc(C(C)(C)C)ccc4N5c4ccc(C(C)(C)C)cc4-c4ccc5c(c4)CCC5)c4sc5ccc(C(C)(C)C)cc5c43)cc2)cc(C(C)(C)C)c1. The lowest BCUT2D eigenvalue weighted by Crippen LogP contribution is -2.60. The van der Waals surface area contributed by atoms with Crippen molar-refractivity contribution >= 4 is 78.0 Å². The van der Waals surface area contributed by atoms with Gasteiger partial charge in [-0.25, -0.2) is 0 Å². The molecule has 0 N–H and O–H groups in total. The first-order chi connectivity index (χ1) is 33.3. The van der Waals surface area contributed by atoms with Crippen LogP contribution in [0.2, 0.25) is 0 Å². The lowest BCUT2D eigenvalue weighted by atomic mass is 9.36. The molecule has 0 spiro atoms. The Balaban J connectivity index is 1.18. The second-order valence-electron chi connectivity index (χ2n) is 26.3. The topological polar surface area (TPSA) is 6.48 Å². The first kappa shape index (κ1) is 47.5. The van der Waals surface area contributed by atoms with Crippen LogP contribution in [0.15, 0.2) is 133 Å². The standard InChI is InChI=1S/C67H73BN2S/c1-63(2,3)46-26-31-55(52(38-46)44-23-22-41-18-16-19-43(41)34-44)70-56-32-27-48(65(7,8)9)40-54(56)68-60-57(20-17-21-58(60)70)69(61-53-39-47(64(4,5)6)28-33-59(53)71-62(61)68)51-29-24-42(25-30-51)45-35-49(66(10,11)12)37-50(36-45)67(13,14)15/h17,20-40H,16,18-19H2,1-15H3. The Morgan fingerprint density at radius 1 is 0.423 bits per heavy atom. The number of nitrogens with zero attached hydrogens (tertiary/aromatic N) is 2. The molecule has 0 saturated heterocycles. The summed E-state index contributed by atoms with van der Waals surface area (Å²) in [6, 6.07) is 53.3. The minimum absolute atomic E-state index is 0.00135. The van der Waals surface area contributed by atoms with Crippen LogP contribution in [0.1, 0.15) is 149 Å². The smallest absolute Gasteiger partial charge is 0.264 e. The predicted molar refractivity (Wildman–Crippen MR) is 312 cm³/mol. The van der Waals surface area contributed by atoms with E-state index >= 15 is 0 Å². The van der Waals surface area contributed by atoms with Crippen molar-refractivity contribution < 1.29 is 0 Å². The molecule has 4 heteroatoms.